The Morgan fingerprint density at radius 1 is 1.29 bits per heavy atom. The Kier molecular flexibility index (Phi) is 4.66. The molecule has 0 aliphatic heterocycles. The number of carbonyl (C=O) groups is 2. The van der Waals surface area contributed by atoms with Crippen LogP contribution in [0.1, 0.15) is 17.3 Å². The summed E-state index contributed by atoms with van der Waals surface area (Å²) in [6, 6.07) is 6.80. The van der Waals surface area contributed by atoms with Crippen molar-refractivity contribution in [1.29, 1.82) is 0 Å². The summed E-state index contributed by atoms with van der Waals surface area (Å²) in [4.78, 5) is 23.2. The summed E-state index contributed by atoms with van der Waals surface area (Å²) in [6.07, 6.45) is -0.562. The van der Waals surface area contributed by atoms with Gasteiger partial charge in [0.2, 0.25) is 0 Å². The molecular formula is C12H16N2O3. The van der Waals surface area contributed by atoms with Crippen molar-refractivity contribution >= 4 is 17.5 Å². The lowest BCUT2D eigenvalue weighted by Gasteiger charge is -2.13. The van der Waals surface area contributed by atoms with E-state index in [1.165, 1.54) is 7.11 Å². The fourth-order valence-corrected chi connectivity index (χ4v) is 1.27. The molecule has 0 heterocycles. The van der Waals surface area contributed by atoms with Crippen LogP contribution in [0.4, 0.5) is 5.69 Å². The van der Waals surface area contributed by atoms with E-state index in [2.05, 4.69) is 10.6 Å². The number of benzene rings is 1. The molecule has 5 nitrogen and oxygen atoms in total. The highest BCUT2D eigenvalue weighted by molar-refractivity contribution is 6.04. The molecule has 0 spiro atoms. The molecule has 1 aromatic carbocycles. The molecule has 0 saturated heterocycles. The van der Waals surface area contributed by atoms with Gasteiger partial charge in [0.25, 0.3) is 11.8 Å². The van der Waals surface area contributed by atoms with Crippen LogP contribution in [-0.2, 0) is 9.53 Å². The van der Waals surface area contributed by atoms with Crippen molar-refractivity contribution in [2.45, 2.75) is 13.0 Å². The quantitative estimate of drug-likeness (QED) is 0.820. The van der Waals surface area contributed by atoms with Crippen LogP contribution in [0.5, 0.6) is 0 Å². The third-order valence-electron chi connectivity index (χ3n) is 2.38. The van der Waals surface area contributed by atoms with Gasteiger partial charge in [0.15, 0.2) is 0 Å². The van der Waals surface area contributed by atoms with Crippen LogP contribution in [0.15, 0.2) is 24.3 Å². The zero-order valence-electron chi connectivity index (χ0n) is 10.1. The molecule has 17 heavy (non-hydrogen) atoms. The second-order valence-electron chi connectivity index (χ2n) is 3.49. The molecule has 1 unspecified atom stereocenters. The van der Waals surface area contributed by atoms with Gasteiger partial charge in [-0.25, -0.2) is 0 Å². The summed E-state index contributed by atoms with van der Waals surface area (Å²) < 4.78 is 4.90. The van der Waals surface area contributed by atoms with Crippen LogP contribution in [0.3, 0.4) is 0 Å². The molecule has 1 rings (SSSR count). The molecule has 0 radical (unpaired) electrons. The average Bonchev–Trinajstić information content (AvgIpc) is 2.37. The number of nitrogens with one attached hydrogen (secondary N) is 2. The summed E-state index contributed by atoms with van der Waals surface area (Å²) in [5, 5.41) is 5.17. The number of anilines is 1. The minimum absolute atomic E-state index is 0.244. The minimum atomic E-state index is -0.562. The van der Waals surface area contributed by atoms with E-state index in [1.807, 2.05) is 0 Å². The van der Waals surface area contributed by atoms with E-state index < -0.39 is 6.10 Å². The monoisotopic (exact) mass is 236 g/mol. The normalized spacial score (nSPS) is 11.7. The molecule has 5 heteroatoms. The van der Waals surface area contributed by atoms with Crippen LogP contribution in [0.2, 0.25) is 0 Å². The first-order valence-electron chi connectivity index (χ1n) is 5.25. The molecule has 2 amide bonds. The molecule has 0 aliphatic rings. The largest absolute Gasteiger partial charge is 0.372 e. The van der Waals surface area contributed by atoms with Gasteiger partial charge in [-0.2, -0.15) is 0 Å². The van der Waals surface area contributed by atoms with Gasteiger partial charge in [0, 0.05) is 14.2 Å². The van der Waals surface area contributed by atoms with Crippen molar-refractivity contribution in [1.82, 2.24) is 5.32 Å². The molecule has 2 N–H and O–H groups in total. The van der Waals surface area contributed by atoms with Gasteiger partial charge in [-0.15, -0.1) is 0 Å². The fourth-order valence-electron chi connectivity index (χ4n) is 1.27. The number of hydrogen-bond acceptors (Lipinski definition) is 3. The zero-order chi connectivity index (χ0) is 12.8. The summed E-state index contributed by atoms with van der Waals surface area (Å²) in [5.74, 6) is -0.533. The molecule has 0 bridgehead atoms. The molecule has 0 saturated carbocycles. The Hall–Kier alpha value is -1.88. The van der Waals surface area contributed by atoms with E-state index in [0.717, 1.165) is 0 Å². The highest BCUT2D eigenvalue weighted by atomic mass is 16.5. The summed E-state index contributed by atoms with van der Waals surface area (Å²) in [7, 11) is 2.99. The maximum absolute atomic E-state index is 11.6. The lowest BCUT2D eigenvalue weighted by atomic mass is 10.1. The number of carbonyl (C=O) groups excluding carboxylic acids is 2. The maximum atomic E-state index is 11.6. The SMILES string of the molecule is CNC(=O)c1ccccc1NC(=O)C(C)OC. The Morgan fingerprint density at radius 3 is 2.53 bits per heavy atom. The number of rotatable bonds is 4. The Morgan fingerprint density at radius 2 is 1.94 bits per heavy atom. The molecule has 0 aromatic heterocycles. The standard InChI is InChI=1S/C12H16N2O3/c1-8(17-3)11(15)14-10-7-5-4-6-9(10)12(16)13-2/h4-8H,1-3H3,(H,13,16)(H,14,15). The van der Waals surface area contributed by atoms with E-state index in [0.29, 0.717) is 11.3 Å². The van der Waals surface area contributed by atoms with Crippen molar-refractivity contribution in [2.24, 2.45) is 0 Å². The van der Waals surface area contributed by atoms with Crippen LogP contribution >= 0.6 is 0 Å². The second kappa shape index (κ2) is 6.00. The number of para-hydroxylation sites is 1. The lowest BCUT2D eigenvalue weighted by Crippen LogP contribution is -2.28. The van der Waals surface area contributed by atoms with E-state index >= 15 is 0 Å². The number of hydrogen-bond donors (Lipinski definition) is 2. The number of amides is 2. The number of ether oxygens (including phenoxy) is 1. The first-order chi connectivity index (χ1) is 8.10. The van der Waals surface area contributed by atoms with Gasteiger partial charge in [0.05, 0.1) is 11.3 Å². The van der Waals surface area contributed by atoms with E-state index in [4.69, 9.17) is 4.74 Å². The first-order valence-corrected chi connectivity index (χ1v) is 5.25. The molecule has 1 aromatic rings. The minimum Gasteiger partial charge on any atom is -0.372 e. The first kappa shape index (κ1) is 13.2. The maximum Gasteiger partial charge on any atom is 0.253 e. The van der Waals surface area contributed by atoms with Crippen LogP contribution in [-0.4, -0.2) is 32.1 Å². The summed E-state index contributed by atoms with van der Waals surface area (Å²) in [6.45, 7) is 1.64. The Balaban J connectivity index is 2.91. The fraction of sp³-hybridized carbons (Fsp3) is 0.333. The molecule has 92 valence electrons. The van der Waals surface area contributed by atoms with Gasteiger partial charge in [0.1, 0.15) is 6.10 Å². The predicted molar refractivity (Wildman–Crippen MR) is 64.9 cm³/mol. The number of methoxy groups -OCH3 is 1. The van der Waals surface area contributed by atoms with Crippen molar-refractivity contribution in [3.63, 3.8) is 0 Å². The average molecular weight is 236 g/mol. The highest BCUT2D eigenvalue weighted by Gasteiger charge is 2.15. The van der Waals surface area contributed by atoms with Gasteiger partial charge in [-0.05, 0) is 19.1 Å². The highest BCUT2D eigenvalue weighted by Crippen LogP contribution is 2.15. The van der Waals surface area contributed by atoms with Crippen molar-refractivity contribution in [2.75, 3.05) is 19.5 Å². The van der Waals surface area contributed by atoms with Crippen LogP contribution in [0.25, 0.3) is 0 Å². The van der Waals surface area contributed by atoms with Crippen LogP contribution in [0, 0.1) is 0 Å². The van der Waals surface area contributed by atoms with Crippen molar-refractivity contribution in [3.05, 3.63) is 29.8 Å². The zero-order valence-corrected chi connectivity index (χ0v) is 10.1. The Labute approximate surface area is 100 Å². The molecule has 1 atom stereocenters. The van der Waals surface area contributed by atoms with E-state index in [1.54, 1.807) is 38.2 Å². The molecule has 0 aliphatic carbocycles. The van der Waals surface area contributed by atoms with E-state index in [9.17, 15) is 9.59 Å². The molecular weight excluding hydrogens is 220 g/mol. The van der Waals surface area contributed by atoms with Crippen LogP contribution < -0.4 is 10.6 Å². The topological polar surface area (TPSA) is 67.4 Å². The van der Waals surface area contributed by atoms with Gasteiger partial charge in [-0.1, -0.05) is 12.1 Å². The van der Waals surface area contributed by atoms with Gasteiger partial charge < -0.3 is 15.4 Å². The predicted octanol–water partition coefficient (Wildman–Crippen LogP) is 1.02. The molecule has 0 fully saturated rings. The van der Waals surface area contributed by atoms with Crippen molar-refractivity contribution in [3.8, 4) is 0 Å². The summed E-state index contributed by atoms with van der Waals surface area (Å²) in [5.41, 5.74) is 0.896. The van der Waals surface area contributed by atoms with E-state index in [-0.39, 0.29) is 11.8 Å². The summed E-state index contributed by atoms with van der Waals surface area (Å²) >= 11 is 0. The Bertz CT molecular complexity index is 418. The van der Waals surface area contributed by atoms with Gasteiger partial charge >= 0.3 is 0 Å². The second-order valence-corrected chi connectivity index (χ2v) is 3.49. The third-order valence-corrected chi connectivity index (χ3v) is 2.38. The smallest absolute Gasteiger partial charge is 0.253 e. The van der Waals surface area contributed by atoms with Crippen molar-refractivity contribution < 1.29 is 14.3 Å². The third kappa shape index (κ3) is 3.29. The van der Waals surface area contributed by atoms with Gasteiger partial charge in [-0.3, -0.25) is 9.59 Å². The lowest BCUT2D eigenvalue weighted by molar-refractivity contribution is -0.124.